The number of ether oxygens (including phenoxy) is 1. The molecule has 1 heterocycles. The third-order valence-electron chi connectivity index (χ3n) is 4.25. The molecule has 5 heteroatoms. The van der Waals surface area contributed by atoms with Crippen molar-refractivity contribution in [2.45, 2.75) is 19.4 Å². The Kier molecular flexibility index (Phi) is 6.64. The van der Waals surface area contributed by atoms with Crippen LogP contribution in [0.2, 0.25) is 0 Å². The largest absolute Gasteiger partial charge is 0.457 e. The van der Waals surface area contributed by atoms with Crippen LogP contribution in [-0.2, 0) is 0 Å². The number of benzene rings is 2. The molecule has 0 bridgehead atoms. The highest BCUT2D eigenvalue weighted by Crippen LogP contribution is 2.25. The fourth-order valence-corrected chi connectivity index (χ4v) is 2.79. The number of carbonyl (C=O) groups excluding carboxylic acids is 1. The highest BCUT2D eigenvalue weighted by molar-refractivity contribution is 5.97. The summed E-state index contributed by atoms with van der Waals surface area (Å²) in [4.78, 5) is 12.7. The second kappa shape index (κ2) is 8.71. The van der Waals surface area contributed by atoms with Gasteiger partial charge in [-0.05, 0) is 43.1 Å². The fourth-order valence-electron chi connectivity index (χ4n) is 2.79. The van der Waals surface area contributed by atoms with Crippen molar-refractivity contribution >= 4 is 18.3 Å². The maximum atomic E-state index is 12.7. The van der Waals surface area contributed by atoms with Gasteiger partial charge in [-0.3, -0.25) is 4.79 Å². The summed E-state index contributed by atoms with van der Waals surface area (Å²) < 4.78 is 5.87. The van der Waals surface area contributed by atoms with Crippen molar-refractivity contribution in [3.05, 3.63) is 60.2 Å². The molecule has 0 radical (unpaired) electrons. The van der Waals surface area contributed by atoms with Gasteiger partial charge in [0.2, 0.25) is 0 Å². The summed E-state index contributed by atoms with van der Waals surface area (Å²) in [6, 6.07) is 17.0. The second-order valence-corrected chi connectivity index (χ2v) is 5.96. The van der Waals surface area contributed by atoms with Gasteiger partial charge in [0.05, 0.1) is 5.56 Å². The van der Waals surface area contributed by atoms with Crippen molar-refractivity contribution < 1.29 is 9.53 Å². The number of hydrogen-bond donors (Lipinski definition) is 2. The maximum absolute atomic E-state index is 12.7. The van der Waals surface area contributed by atoms with Gasteiger partial charge >= 0.3 is 0 Å². The van der Waals surface area contributed by atoms with Gasteiger partial charge in [-0.2, -0.15) is 0 Å². The van der Waals surface area contributed by atoms with Crippen LogP contribution in [0.5, 0.6) is 11.5 Å². The monoisotopic (exact) mass is 346 g/mol. The Morgan fingerprint density at radius 1 is 1.12 bits per heavy atom. The molecule has 0 aromatic heterocycles. The van der Waals surface area contributed by atoms with E-state index in [0.717, 1.165) is 25.3 Å². The van der Waals surface area contributed by atoms with Gasteiger partial charge in [-0.15, -0.1) is 12.4 Å². The average Bonchev–Trinajstić information content (AvgIpc) is 2.58. The van der Waals surface area contributed by atoms with Crippen LogP contribution in [0.3, 0.4) is 0 Å². The predicted molar refractivity (Wildman–Crippen MR) is 98.1 cm³/mol. The van der Waals surface area contributed by atoms with Crippen LogP contribution in [0.25, 0.3) is 0 Å². The Morgan fingerprint density at radius 2 is 1.83 bits per heavy atom. The van der Waals surface area contributed by atoms with Crippen molar-refractivity contribution in [2.24, 2.45) is 5.92 Å². The van der Waals surface area contributed by atoms with Crippen LogP contribution in [0.1, 0.15) is 23.7 Å². The van der Waals surface area contributed by atoms with Crippen molar-refractivity contribution in [3.63, 3.8) is 0 Å². The Balaban J connectivity index is 0.00000208. The molecule has 1 aliphatic rings. The van der Waals surface area contributed by atoms with Gasteiger partial charge in [-0.1, -0.05) is 37.3 Å². The van der Waals surface area contributed by atoms with Gasteiger partial charge in [0.25, 0.3) is 5.91 Å². The van der Waals surface area contributed by atoms with Crippen LogP contribution in [0.4, 0.5) is 0 Å². The molecule has 2 aromatic carbocycles. The lowest BCUT2D eigenvalue weighted by Gasteiger charge is -2.30. The lowest BCUT2D eigenvalue weighted by atomic mass is 9.94. The third-order valence-corrected chi connectivity index (χ3v) is 4.25. The molecule has 2 unspecified atom stereocenters. The Labute approximate surface area is 149 Å². The molecule has 0 saturated carbocycles. The van der Waals surface area contributed by atoms with E-state index >= 15 is 0 Å². The Bertz CT molecular complexity index is 663. The summed E-state index contributed by atoms with van der Waals surface area (Å²) in [5, 5.41) is 6.46. The number of amides is 1. The third kappa shape index (κ3) is 4.49. The first-order valence-electron chi connectivity index (χ1n) is 8.07. The summed E-state index contributed by atoms with van der Waals surface area (Å²) in [6.45, 7) is 4.01. The molecule has 1 fully saturated rings. The predicted octanol–water partition coefficient (Wildman–Crippen LogP) is 3.63. The highest BCUT2D eigenvalue weighted by atomic mass is 35.5. The minimum atomic E-state index is -0.0860. The molecular formula is C19H23ClN2O2. The molecule has 4 nitrogen and oxygen atoms in total. The smallest absolute Gasteiger partial charge is 0.255 e. The fraction of sp³-hybridized carbons (Fsp3) is 0.316. The summed E-state index contributed by atoms with van der Waals surface area (Å²) >= 11 is 0. The molecule has 0 aliphatic carbocycles. The van der Waals surface area contributed by atoms with Gasteiger partial charge in [0, 0.05) is 12.6 Å². The van der Waals surface area contributed by atoms with Crippen molar-refractivity contribution in [1.29, 1.82) is 0 Å². The quantitative estimate of drug-likeness (QED) is 0.888. The van der Waals surface area contributed by atoms with Crippen LogP contribution in [-0.4, -0.2) is 25.0 Å². The first-order chi connectivity index (χ1) is 11.2. The van der Waals surface area contributed by atoms with Gasteiger partial charge in [0.1, 0.15) is 11.5 Å². The average molecular weight is 347 g/mol. The van der Waals surface area contributed by atoms with E-state index in [9.17, 15) is 4.79 Å². The molecule has 1 aliphatic heterocycles. The summed E-state index contributed by atoms with van der Waals surface area (Å²) in [7, 11) is 0. The molecule has 0 spiro atoms. The molecule has 1 saturated heterocycles. The van der Waals surface area contributed by atoms with E-state index in [4.69, 9.17) is 4.74 Å². The molecule has 24 heavy (non-hydrogen) atoms. The van der Waals surface area contributed by atoms with Crippen LogP contribution in [0, 0.1) is 5.92 Å². The van der Waals surface area contributed by atoms with E-state index < -0.39 is 0 Å². The molecule has 128 valence electrons. The van der Waals surface area contributed by atoms with Crippen molar-refractivity contribution in [1.82, 2.24) is 10.6 Å². The zero-order valence-electron chi connectivity index (χ0n) is 13.7. The van der Waals surface area contributed by atoms with E-state index in [-0.39, 0.29) is 24.4 Å². The molecular weight excluding hydrogens is 324 g/mol. The molecule has 3 rings (SSSR count). The Hall–Kier alpha value is -2.04. The summed E-state index contributed by atoms with van der Waals surface area (Å²) in [6.07, 6.45) is 1.08. The number of halogens is 1. The number of piperidine rings is 1. The molecule has 2 N–H and O–H groups in total. The van der Waals surface area contributed by atoms with Gasteiger partial charge in [-0.25, -0.2) is 0 Å². The number of para-hydroxylation sites is 2. The zero-order chi connectivity index (χ0) is 16.1. The van der Waals surface area contributed by atoms with E-state index in [1.165, 1.54) is 0 Å². The molecule has 2 atom stereocenters. The maximum Gasteiger partial charge on any atom is 0.255 e. The SMILES string of the molecule is CC1CCNCC1NC(=O)c1ccccc1Oc1ccccc1.Cl. The van der Waals surface area contributed by atoms with Gasteiger partial charge < -0.3 is 15.4 Å². The molecule has 1 amide bonds. The highest BCUT2D eigenvalue weighted by Gasteiger charge is 2.24. The van der Waals surface area contributed by atoms with E-state index in [1.807, 2.05) is 48.5 Å². The topological polar surface area (TPSA) is 50.4 Å². The van der Waals surface area contributed by atoms with Crippen LogP contribution < -0.4 is 15.4 Å². The van der Waals surface area contributed by atoms with E-state index in [2.05, 4.69) is 17.6 Å². The minimum Gasteiger partial charge on any atom is -0.457 e. The lowest BCUT2D eigenvalue weighted by Crippen LogP contribution is -2.50. The van der Waals surface area contributed by atoms with Crippen molar-refractivity contribution in [3.8, 4) is 11.5 Å². The van der Waals surface area contributed by atoms with E-state index in [1.54, 1.807) is 6.07 Å². The van der Waals surface area contributed by atoms with Gasteiger partial charge in [0.15, 0.2) is 0 Å². The first kappa shape index (κ1) is 18.3. The zero-order valence-corrected chi connectivity index (χ0v) is 14.5. The molecule has 2 aromatic rings. The number of rotatable bonds is 4. The Morgan fingerprint density at radius 3 is 2.58 bits per heavy atom. The minimum absolute atomic E-state index is 0. The number of hydrogen-bond acceptors (Lipinski definition) is 3. The first-order valence-corrected chi connectivity index (χ1v) is 8.07. The summed E-state index contributed by atoms with van der Waals surface area (Å²) in [5.74, 6) is 1.69. The normalized spacial score (nSPS) is 19.9. The summed E-state index contributed by atoms with van der Waals surface area (Å²) in [5.41, 5.74) is 0.564. The van der Waals surface area contributed by atoms with E-state index in [0.29, 0.717) is 17.2 Å². The standard InChI is InChI=1S/C19H22N2O2.ClH/c1-14-11-12-20-13-17(14)21-19(22)16-9-5-6-10-18(16)23-15-7-3-2-4-8-15;/h2-10,14,17,20H,11-13H2,1H3,(H,21,22);1H. The van der Waals surface area contributed by atoms with Crippen LogP contribution >= 0.6 is 12.4 Å². The van der Waals surface area contributed by atoms with Crippen molar-refractivity contribution in [2.75, 3.05) is 13.1 Å². The number of carbonyl (C=O) groups is 1. The number of nitrogens with one attached hydrogen (secondary N) is 2. The second-order valence-electron chi connectivity index (χ2n) is 5.96. The lowest BCUT2D eigenvalue weighted by molar-refractivity contribution is 0.0913. The van der Waals surface area contributed by atoms with Crippen LogP contribution in [0.15, 0.2) is 54.6 Å².